The molecule has 2 aromatic heterocycles. The van der Waals surface area contributed by atoms with Crippen LogP contribution in [0.15, 0.2) is 29.8 Å². The second-order valence-electron chi connectivity index (χ2n) is 9.62. The number of H-pyrrole nitrogens is 1. The first-order valence-electron chi connectivity index (χ1n) is 11.4. The van der Waals surface area contributed by atoms with E-state index in [1.54, 1.807) is 11.3 Å². The minimum atomic E-state index is -2.47. The summed E-state index contributed by atoms with van der Waals surface area (Å²) < 4.78 is 21.1. The minimum Gasteiger partial charge on any atom is -0.366 e. The number of aromatic amines is 1. The molecule has 0 spiro atoms. The normalized spacial score (nSPS) is 28.0. The van der Waals surface area contributed by atoms with Crippen LogP contribution in [0.25, 0.3) is 22.0 Å². The van der Waals surface area contributed by atoms with Gasteiger partial charge in [-0.1, -0.05) is 0 Å². The van der Waals surface area contributed by atoms with Gasteiger partial charge in [0.05, 0.1) is 11.1 Å². The van der Waals surface area contributed by atoms with Crippen LogP contribution in [-0.2, 0) is 6.54 Å². The quantitative estimate of drug-likeness (QED) is 0.402. The number of carbonyl (C=O) groups is 1. The highest BCUT2D eigenvalue weighted by molar-refractivity contribution is 8.25. The number of thiophene rings is 1. The molecule has 3 atom stereocenters. The van der Waals surface area contributed by atoms with Crippen molar-refractivity contribution in [1.82, 2.24) is 9.88 Å². The first kappa shape index (κ1) is 20.7. The van der Waals surface area contributed by atoms with Crippen LogP contribution in [0.2, 0.25) is 0 Å². The molecule has 0 saturated carbocycles. The largest absolute Gasteiger partial charge is 0.366 e. The van der Waals surface area contributed by atoms with Crippen molar-refractivity contribution >= 4 is 38.7 Å². The molecule has 5 N–H and O–H groups in total. The van der Waals surface area contributed by atoms with Gasteiger partial charge in [0, 0.05) is 33.5 Å². The van der Waals surface area contributed by atoms with Crippen LogP contribution in [0.5, 0.6) is 0 Å². The molecule has 8 heteroatoms. The number of benzene rings is 1. The van der Waals surface area contributed by atoms with Crippen LogP contribution in [0.4, 0.5) is 0 Å². The van der Waals surface area contributed by atoms with Gasteiger partial charge < -0.3 is 10.7 Å². The fourth-order valence-corrected chi connectivity index (χ4v) is 9.30. The summed E-state index contributed by atoms with van der Waals surface area (Å²) in [5, 5.41) is 3.20. The van der Waals surface area contributed by atoms with Crippen LogP contribution in [0, 0.1) is 0 Å². The number of nitrogens with two attached hydrogens (primary N) is 1. The van der Waals surface area contributed by atoms with E-state index in [1.165, 1.54) is 30.0 Å². The van der Waals surface area contributed by atoms with E-state index in [0.29, 0.717) is 5.56 Å². The second-order valence-corrected chi connectivity index (χ2v) is 13.2. The molecule has 0 unspecified atom stereocenters. The van der Waals surface area contributed by atoms with Crippen molar-refractivity contribution in [2.24, 2.45) is 5.73 Å². The predicted molar refractivity (Wildman–Crippen MR) is 132 cm³/mol. The average molecular weight is 472 g/mol. The minimum absolute atomic E-state index is 0.00377. The van der Waals surface area contributed by atoms with E-state index >= 15 is 0 Å². The number of primary amides is 1. The summed E-state index contributed by atoms with van der Waals surface area (Å²) in [5.74, 6) is -0.166. The predicted octanol–water partition coefficient (Wildman–Crippen LogP) is 5.36. The van der Waals surface area contributed by atoms with E-state index in [9.17, 15) is 13.9 Å². The van der Waals surface area contributed by atoms with Crippen LogP contribution in [0.1, 0.15) is 58.8 Å². The van der Waals surface area contributed by atoms with E-state index in [2.05, 4.69) is 27.4 Å². The van der Waals surface area contributed by atoms with Gasteiger partial charge >= 0.3 is 0 Å². The molecule has 3 saturated heterocycles. The Bertz CT molecular complexity index is 1180. The van der Waals surface area contributed by atoms with Gasteiger partial charge in [0.25, 0.3) is 5.91 Å². The van der Waals surface area contributed by atoms with Gasteiger partial charge in [-0.05, 0) is 91.4 Å². The summed E-state index contributed by atoms with van der Waals surface area (Å²) in [6.07, 6.45) is 6.67. The van der Waals surface area contributed by atoms with E-state index < -0.39 is 16.5 Å². The van der Waals surface area contributed by atoms with Crippen molar-refractivity contribution in [3.63, 3.8) is 0 Å². The zero-order valence-corrected chi connectivity index (χ0v) is 19.6. The van der Waals surface area contributed by atoms with E-state index in [4.69, 9.17) is 5.73 Å². The lowest BCUT2D eigenvalue weighted by Gasteiger charge is -2.46. The molecule has 3 fully saturated rings. The van der Waals surface area contributed by atoms with Crippen LogP contribution in [0.3, 0.4) is 0 Å². The summed E-state index contributed by atoms with van der Waals surface area (Å²) in [6.45, 7) is 3.33. The Balaban J connectivity index is 1.38. The van der Waals surface area contributed by atoms with Crippen molar-refractivity contribution in [3.8, 4) is 11.1 Å². The fourth-order valence-electron chi connectivity index (χ4n) is 5.82. The van der Waals surface area contributed by atoms with Gasteiger partial charge in [0.2, 0.25) is 0 Å². The molecule has 170 valence electrons. The number of nitrogens with one attached hydrogen (secondary N) is 1. The number of amides is 1. The first-order valence-corrected chi connectivity index (χ1v) is 14.0. The molecule has 1 amide bonds. The summed E-state index contributed by atoms with van der Waals surface area (Å²) in [5.41, 5.74) is 10.4. The Morgan fingerprint density at radius 1 is 1.16 bits per heavy atom. The Hall–Kier alpha value is -1.84. The zero-order valence-electron chi connectivity index (χ0n) is 17.9. The fraction of sp³-hybridized carbons (Fsp3) is 0.458. The molecule has 6 rings (SSSR count). The number of rotatable bonds is 5. The lowest BCUT2D eigenvalue weighted by atomic mass is 9.89. The van der Waals surface area contributed by atoms with Crippen LogP contribution < -0.4 is 5.73 Å². The van der Waals surface area contributed by atoms with Crippen molar-refractivity contribution < 1.29 is 13.9 Å². The molecular formula is C24H29N3O3S2. The number of carbonyl (C=O) groups excluding carboxylic acids is 1. The number of hydrogen-bond donors (Lipinski definition) is 4. The van der Waals surface area contributed by atoms with Crippen LogP contribution >= 0.6 is 21.9 Å². The highest BCUT2D eigenvalue weighted by Crippen LogP contribution is 2.66. The number of aromatic nitrogens is 1. The summed E-state index contributed by atoms with van der Waals surface area (Å²) in [6, 6.07) is 6.32. The summed E-state index contributed by atoms with van der Waals surface area (Å²) in [7, 11) is -2.47. The highest BCUT2D eigenvalue weighted by atomic mass is 32.3. The molecular weight excluding hydrogens is 442 g/mol. The van der Waals surface area contributed by atoms with Crippen molar-refractivity contribution in [1.29, 1.82) is 0 Å². The second kappa shape index (κ2) is 7.60. The SMILES string of the molecule is NC(=O)c1cc(-c2csc(CN3CCC3)c2)cc2c([C@H]3C[C@H]4CC[C@@H](C3)S4(O)O)c[nH]c12. The average Bonchev–Trinajstić information content (AvgIpc) is 3.38. The molecule has 6 nitrogen and oxygen atoms in total. The Morgan fingerprint density at radius 3 is 2.56 bits per heavy atom. The van der Waals surface area contributed by atoms with Gasteiger partial charge in [-0.15, -0.1) is 11.3 Å². The van der Waals surface area contributed by atoms with Crippen LogP contribution in [-0.4, -0.2) is 48.5 Å². The Kier molecular flexibility index (Phi) is 4.93. The maximum atomic E-state index is 12.3. The van der Waals surface area contributed by atoms with E-state index in [1.807, 2.05) is 12.3 Å². The maximum Gasteiger partial charge on any atom is 0.250 e. The molecule has 0 radical (unpaired) electrons. The summed E-state index contributed by atoms with van der Waals surface area (Å²) >= 11 is 1.77. The van der Waals surface area contributed by atoms with Gasteiger partial charge in [0.15, 0.2) is 0 Å². The third kappa shape index (κ3) is 3.31. The molecule has 1 aromatic carbocycles. The maximum absolute atomic E-state index is 12.3. The van der Waals surface area contributed by atoms with Gasteiger partial charge in [-0.3, -0.25) is 18.8 Å². The zero-order chi connectivity index (χ0) is 22.0. The first-order chi connectivity index (χ1) is 15.4. The molecule has 0 aliphatic carbocycles. The molecule has 32 heavy (non-hydrogen) atoms. The Labute approximate surface area is 193 Å². The van der Waals surface area contributed by atoms with Crippen molar-refractivity contribution in [3.05, 3.63) is 45.8 Å². The smallest absolute Gasteiger partial charge is 0.250 e. The lowest BCUT2D eigenvalue weighted by molar-refractivity contribution is 0.100. The third-order valence-electron chi connectivity index (χ3n) is 7.73. The van der Waals surface area contributed by atoms with Gasteiger partial charge in [-0.25, -0.2) is 0 Å². The molecule has 3 aliphatic rings. The van der Waals surface area contributed by atoms with Crippen molar-refractivity contribution in [2.75, 3.05) is 13.1 Å². The standard InChI is InChI=1S/C24H29N3O3S2/c25-24(28)21-10-14(16-6-17(31-13-16)12-27-4-1-5-27)9-20-22(11-26-23(20)21)15-7-18-2-3-19(8-15)32(18,29)30/h6,9-11,13,15,18-19,26,29-30H,1-5,7-8,12H2,(H2,25,28)/t15-,18+,19-. The molecule has 2 bridgehead atoms. The topological polar surface area (TPSA) is 103 Å². The molecule has 3 aromatic rings. The number of nitrogens with zero attached hydrogens (tertiary/aromatic N) is 1. The summed E-state index contributed by atoms with van der Waals surface area (Å²) in [4.78, 5) is 19.4. The Morgan fingerprint density at radius 2 is 1.91 bits per heavy atom. The molecule has 5 heterocycles. The van der Waals surface area contributed by atoms with Gasteiger partial charge in [0.1, 0.15) is 0 Å². The lowest BCUT2D eigenvalue weighted by Crippen LogP contribution is -2.35. The number of fused-ring (bicyclic) bond motifs is 3. The number of hydrogen-bond acceptors (Lipinski definition) is 5. The van der Waals surface area contributed by atoms with Gasteiger partial charge in [-0.2, -0.15) is 10.6 Å². The monoisotopic (exact) mass is 471 g/mol. The van der Waals surface area contributed by atoms with E-state index in [0.717, 1.165) is 54.3 Å². The highest BCUT2D eigenvalue weighted by Gasteiger charge is 2.47. The van der Waals surface area contributed by atoms with E-state index in [-0.39, 0.29) is 16.4 Å². The molecule has 3 aliphatic heterocycles. The third-order valence-corrected chi connectivity index (χ3v) is 11.5. The number of likely N-dealkylation sites (tertiary alicyclic amines) is 1. The van der Waals surface area contributed by atoms with Crippen molar-refractivity contribution in [2.45, 2.75) is 55.1 Å².